The SMILES string of the molecule is CC(C)CCCC(C)C1CCC2C3CC=C4CC(OC(=O)CCC(=O)N(CCCCNCCC(C)N)CCC(C)N)CCC4(C)C3CCC12C.Cl.Cl.Cl. The molecule has 0 saturated heterocycles. The molecule has 0 radical (unpaired) electrons. The number of unbranched alkanes of at least 4 members (excludes halogenated alkanes) is 1. The van der Waals surface area contributed by atoms with Crippen LogP contribution in [0.4, 0.5) is 0 Å². The van der Waals surface area contributed by atoms with Gasteiger partial charge in [-0.2, -0.15) is 0 Å². The standard InChI is InChI=1S/C43H78N4O3.3ClH/c1-30(2)11-10-12-31(3)37-15-16-38-36-14-13-34-29-35(19-23-42(34,6)39(36)20-24-43(37,38)7)50-41(49)18-17-40(48)47(28-22-33(5)45)27-9-8-25-46-26-21-32(4)44;;;/h13,30-33,35-39,46H,8-12,14-29,44-45H2,1-7H3;3*1H. The van der Waals surface area contributed by atoms with Crippen molar-refractivity contribution in [2.75, 3.05) is 26.2 Å². The van der Waals surface area contributed by atoms with Crippen LogP contribution in [0, 0.1) is 46.3 Å². The molecule has 0 heterocycles. The molecule has 0 aliphatic heterocycles. The van der Waals surface area contributed by atoms with Crippen LogP contribution < -0.4 is 16.8 Å². The van der Waals surface area contributed by atoms with E-state index < -0.39 is 0 Å². The summed E-state index contributed by atoms with van der Waals surface area (Å²) in [5.74, 6) is 4.78. The van der Waals surface area contributed by atoms with Crippen LogP contribution in [0.15, 0.2) is 11.6 Å². The summed E-state index contributed by atoms with van der Waals surface area (Å²) in [5.41, 5.74) is 14.1. The van der Waals surface area contributed by atoms with E-state index >= 15 is 0 Å². The Bertz CT molecular complexity index is 1120. The molecule has 0 spiro atoms. The van der Waals surface area contributed by atoms with Crippen molar-refractivity contribution in [3.8, 4) is 0 Å². The molecule has 0 aromatic carbocycles. The van der Waals surface area contributed by atoms with Gasteiger partial charge >= 0.3 is 5.97 Å². The van der Waals surface area contributed by atoms with Gasteiger partial charge in [0.1, 0.15) is 6.10 Å². The van der Waals surface area contributed by atoms with Crippen LogP contribution >= 0.6 is 37.2 Å². The zero-order valence-corrected chi connectivity index (χ0v) is 37.1. The summed E-state index contributed by atoms with van der Waals surface area (Å²) in [6, 6.07) is 0.251. The summed E-state index contributed by atoms with van der Waals surface area (Å²) in [5, 5.41) is 3.44. The lowest BCUT2D eigenvalue weighted by atomic mass is 9.47. The lowest BCUT2D eigenvalue weighted by Gasteiger charge is -2.58. The van der Waals surface area contributed by atoms with E-state index in [0.29, 0.717) is 18.5 Å². The summed E-state index contributed by atoms with van der Waals surface area (Å²) >= 11 is 0. The molecule has 53 heavy (non-hydrogen) atoms. The molecule has 0 bridgehead atoms. The number of nitrogens with one attached hydrogen (secondary N) is 1. The quantitative estimate of drug-likeness (QED) is 0.0642. The van der Waals surface area contributed by atoms with Crippen molar-refractivity contribution in [1.82, 2.24) is 10.2 Å². The minimum absolute atomic E-state index is 0. The molecule has 7 nitrogen and oxygen atoms in total. The third kappa shape index (κ3) is 13.8. The van der Waals surface area contributed by atoms with Gasteiger partial charge in [-0.25, -0.2) is 0 Å². The highest BCUT2D eigenvalue weighted by atomic mass is 35.5. The molecule has 10 heteroatoms. The molecule has 4 aliphatic carbocycles. The Hall–Kier alpha value is -0.570. The maximum atomic E-state index is 13.2. The monoisotopic (exact) mass is 807 g/mol. The Kier molecular flexibility index (Phi) is 22.5. The topological polar surface area (TPSA) is 111 Å². The van der Waals surface area contributed by atoms with Crippen LogP contribution in [0.25, 0.3) is 0 Å². The number of hydrogen-bond acceptors (Lipinski definition) is 6. The second kappa shape index (κ2) is 23.6. The first kappa shape index (κ1) is 50.4. The van der Waals surface area contributed by atoms with Crippen molar-refractivity contribution in [1.29, 1.82) is 0 Å². The fourth-order valence-corrected chi connectivity index (χ4v) is 11.1. The molecule has 4 aliphatic rings. The van der Waals surface area contributed by atoms with Crippen molar-refractivity contribution < 1.29 is 14.3 Å². The van der Waals surface area contributed by atoms with E-state index in [1.807, 2.05) is 18.7 Å². The molecule has 0 aromatic rings. The molecule has 0 aromatic heterocycles. The van der Waals surface area contributed by atoms with Gasteiger partial charge in [0.15, 0.2) is 0 Å². The van der Waals surface area contributed by atoms with Gasteiger partial charge in [-0.3, -0.25) is 9.59 Å². The predicted octanol–water partition coefficient (Wildman–Crippen LogP) is 9.66. The van der Waals surface area contributed by atoms with Crippen LogP contribution in [0.2, 0.25) is 0 Å². The van der Waals surface area contributed by atoms with Crippen molar-refractivity contribution in [2.24, 2.45) is 57.8 Å². The summed E-state index contributed by atoms with van der Waals surface area (Å²) in [4.78, 5) is 28.2. The van der Waals surface area contributed by atoms with Gasteiger partial charge < -0.3 is 26.4 Å². The second-order valence-corrected chi connectivity index (χ2v) is 18.5. The van der Waals surface area contributed by atoms with Crippen molar-refractivity contribution >= 4 is 49.1 Å². The van der Waals surface area contributed by atoms with Crippen LogP contribution in [0.1, 0.15) is 158 Å². The number of nitrogens with two attached hydrogens (primary N) is 2. The zero-order chi connectivity index (χ0) is 36.5. The predicted molar refractivity (Wildman–Crippen MR) is 229 cm³/mol. The van der Waals surface area contributed by atoms with Gasteiger partial charge in [0, 0.05) is 38.0 Å². The first-order valence-electron chi connectivity index (χ1n) is 21.1. The third-order valence-electron chi connectivity index (χ3n) is 14.1. The third-order valence-corrected chi connectivity index (χ3v) is 14.1. The van der Waals surface area contributed by atoms with Gasteiger partial charge in [0.25, 0.3) is 0 Å². The highest BCUT2D eigenvalue weighted by Crippen LogP contribution is 2.67. The molecule has 3 fully saturated rings. The number of carbonyl (C=O) groups is 2. The van der Waals surface area contributed by atoms with Crippen molar-refractivity contribution in [3.05, 3.63) is 11.6 Å². The minimum Gasteiger partial charge on any atom is -0.462 e. The van der Waals surface area contributed by atoms with E-state index in [4.69, 9.17) is 16.2 Å². The Morgan fingerprint density at radius 3 is 2.23 bits per heavy atom. The normalized spacial score (nSPS) is 30.5. The molecule has 10 unspecified atom stereocenters. The summed E-state index contributed by atoms with van der Waals surface area (Å²) in [7, 11) is 0. The first-order chi connectivity index (χ1) is 23.7. The van der Waals surface area contributed by atoms with E-state index in [9.17, 15) is 9.59 Å². The van der Waals surface area contributed by atoms with Gasteiger partial charge in [0.2, 0.25) is 5.91 Å². The lowest BCUT2D eigenvalue weighted by molar-refractivity contribution is -0.153. The number of fused-ring (bicyclic) bond motifs is 5. The van der Waals surface area contributed by atoms with Gasteiger partial charge in [-0.1, -0.05) is 65.5 Å². The Balaban J connectivity index is 0.00000468. The van der Waals surface area contributed by atoms with E-state index in [1.54, 1.807) is 5.57 Å². The second-order valence-electron chi connectivity index (χ2n) is 18.5. The number of nitrogens with zero attached hydrogens (tertiary/aromatic N) is 1. The van der Waals surface area contributed by atoms with E-state index in [0.717, 1.165) is 93.5 Å². The van der Waals surface area contributed by atoms with Crippen molar-refractivity contribution in [3.63, 3.8) is 0 Å². The molecule has 1 amide bonds. The fraction of sp³-hybridized carbons (Fsp3) is 0.907. The number of amides is 1. The Labute approximate surface area is 343 Å². The molecular formula is C43H81Cl3N4O3. The number of allylic oxidation sites excluding steroid dienone is 1. The maximum Gasteiger partial charge on any atom is 0.306 e. The zero-order valence-electron chi connectivity index (χ0n) is 34.7. The minimum atomic E-state index is -0.223. The van der Waals surface area contributed by atoms with Crippen LogP contribution in [-0.4, -0.2) is 61.1 Å². The summed E-state index contributed by atoms with van der Waals surface area (Å²) in [6.45, 7) is 19.7. The molecule has 312 valence electrons. The van der Waals surface area contributed by atoms with Gasteiger partial charge in [0.05, 0.1) is 6.42 Å². The average molecular weight is 809 g/mol. The number of esters is 1. The average Bonchev–Trinajstić information content (AvgIpc) is 3.41. The van der Waals surface area contributed by atoms with E-state index in [1.165, 1.54) is 51.4 Å². The smallest absolute Gasteiger partial charge is 0.306 e. The van der Waals surface area contributed by atoms with E-state index in [-0.39, 0.29) is 85.5 Å². The number of halogens is 3. The molecular weight excluding hydrogens is 727 g/mol. The summed E-state index contributed by atoms with van der Waals surface area (Å²) in [6.07, 6.45) is 20.4. The Morgan fingerprint density at radius 1 is 0.830 bits per heavy atom. The molecule has 3 saturated carbocycles. The number of carbonyl (C=O) groups excluding carboxylic acids is 2. The van der Waals surface area contributed by atoms with Gasteiger partial charge in [-0.15, -0.1) is 37.2 Å². The highest BCUT2D eigenvalue weighted by Gasteiger charge is 2.59. The fourth-order valence-electron chi connectivity index (χ4n) is 11.1. The maximum absolute atomic E-state index is 13.2. The number of rotatable bonds is 20. The van der Waals surface area contributed by atoms with E-state index in [2.05, 4.69) is 46.0 Å². The lowest BCUT2D eigenvalue weighted by Crippen LogP contribution is -2.51. The van der Waals surface area contributed by atoms with Crippen LogP contribution in [0.5, 0.6) is 0 Å². The summed E-state index contributed by atoms with van der Waals surface area (Å²) < 4.78 is 6.09. The Morgan fingerprint density at radius 2 is 1.55 bits per heavy atom. The highest BCUT2D eigenvalue weighted by molar-refractivity contribution is 5.86. The molecule has 10 atom stereocenters. The largest absolute Gasteiger partial charge is 0.462 e. The first-order valence-corrected chi connectivity index (χ1v) is 21.1. The number of ether oxygens (including phenoxy) is 1. The van der Waals surface area contributed by atoms with Crippen molar-refractivity contribution in [2.45, 2.75) is 176 Å². The van der Waals surface area contributed by atoms with Crippen LogP contribution in [-0.2, 0) is 14.3 Å². The number of hydrogen-bond donors (Lipinski definition) is 3. The van der Waals surface area contributed by atoms with Gasteiger partial charge in [-0.05, 0) is 144 Å². The van der Waals surface area contributed by atoms with Crippen LogP contribution in [0.3, 0.4) is 0 Å². The molecule has 5 N–H and O–H groups in total. The molecule has 4 rings (SSSR count).